The van der Waals surface area contributed by atoms with E-state index in [1.807, 2.05) is 19.1 Å². The van der Waals surface area contributed by atoms with E-state index in [1.165, 1.54) is 11.3 Å². The summed E-state index contributed by atoms with van der Waals surface area (Å²) in [5.74, 6) is 0.960. The summed E-state index contributed by atoms with van der Waals surface area (Å²) in [5, 5.41) is 2.93. The molecular weight excluding hydrogens is 310 g/mol. The Morgan fingerprint density at radius 2 is 1.81 bits per heavy atom. The predicted octanol–water partition coefficient (Wildman–Crippen LogP) is 3.91. The third-order valence-corrected chi connectivity index (χ3v) is 4.40. The Morgan fingerprint density at radius 1 is 1.19 bits per heavy atom. The average Bonchev–Trinajstić information content (AvgIpc) is 2.93. The van der Waals surface area contributed by atoms with E-state index in [-0.39, 0.29) is 11.9 Å². The molecule has 0 aliphatic carbocycles. The van der Waals surface area contributed by atoms with Crippen LogP contribution in [0.15, 0.2) is 30.3 Å². The Hall–Kier alpha value is -1.72. The lowest BCUT2D eigenvalue weighted by atomic mass is 10.1. The molecule has 0 aliphatic rings. The van der Waals surface area contributed by atoms with Crippen LogP contribution in [0.1, 0.15) is 28.2 Å². The summed E-state index contributed by atoms with van der Waals surface area (Å²) in [4.78, 5) is 13.3. The number of hydrogen-bond donors (Lipinski definition) is 1. The first-order chi connectivity index (χ1) is 10.0. The first-order valence-electron chi connectivity index (χ1n) is 6.32. The van der Waals surface area contributed by atoms with Gasteiger partial charge < -0.3 is 14.8 Å². The Labute approximate surface area is 132 Å². The van der Waals surface area contributed by atoms with E-state index in [2.05, 4.69) is 5.32 Å². The summed E-state index contributed by atoms with van der Waals surface area (Å²) >= 11 is 7.36. The van der Waals surface area contributed by atoms with E-state index in [4.69, 9.17) is 21.1 Å². The van der Waals surface area contributed by atoms with Crippen LogP contribution in [0.2, 0.25) is 4.34 Å². The molecule has 0 bridgehead atoms. The van der Waals surface area contributed by atoms with E-state index in [0.717, 1.165) is 4.88 Å². The number of benzene rings is 1. The topological polar surface area (TPSA) is 47.6 Å². The van der Waals surface area contributed by atoms with Gasteiger partial charge in [-0.2, -0.15) is 0 Å². The molecule has 0 spiro atoms. The van der Waals surface area contributed by atoms with Crippen molar-refractivity contribution >= 4 is 28.8 Å². The van der Waals surface area contributed by atoms with Crippen LogP contribution in [-0.2, 0) is 0 Å². The second-order valence-corrected chi connectivity index (χ2v) is 6.19. The normalized spacial score (nSPS) is 11.8. The lowest BCUT2D eigenvalue weighted by Gasteiger charge is -2.13. The number of rotatable bonds is 5. The zero-order valence-corrected chi connectivity index (χ0v) is 13.5. The summed E-state index contributed by atoms with van der Waals surface area (Å²) in [7, 11) is 3.10. The molecule has 2 rings (SSSR count). The molecule has 1 amide bonds. The minimum atomic E-state index is -0.191. The molecule has 21 heavy (non-hydrogen) atoms. The van der Waals surface area contributed by atoms with Crippen molar-refractivity contribution in [3.63, 3.8) is 0 Å². The standard InChI is InChI=1S/C15H16ClNO3S/c1-9(13-4-5-14(16)21-13)17-15(18)10-6-11(19-2)8-12(7-10)20-3/h4-9H,1-3H3,(H,17,18). The Bertz CT molecular complexity index is 619. The molecule has 1 aromatic carbocycles. The van der Waals surface area contributed by atoms with Crippen molar-refractivity contribution in [1.29, 1.82) is 0 Å². The number of methoxy groups -OCH3 is 2. The van der Waals surface area contributed by atoms with Crippen LogP contribution >= 0.6 is 22.9 Å². The van der Waals surface area contributed by atoms with Gasteiger partial charge in [0.25, 0.3) is 5.91 Å². The molecule has 1 unspecified atom stereocenters. The highest BCUT2D eigenvalue weighted by molar-refractivity contribution is 7.16. The molecule has 1 N–H and O–H groups in total. The van der Waals surface area contributed by atoms with Gasteiger partial charge in [0, 0.05) is 16.5 Å². The van der Waals surface area contributed by atoms with Crippen molar-refractivity contribution in [1.82, 2.24) is 5.32 Å². The van der Waals surface area contributed by atoms with E-state index in [0.29, 0.717) is 21.4 Å². The van der Waals surface area contributed by atoms with Crippen LogP contribution in [0, 0.1) is 0 Å². The Kier molecular flexibility index (Phi) is 5.09. The largest absolute Gasteiger partial charge is 0.497 e. The number of hydrogen-bond acceptors (Lipinski definition) is 4. The molecule has 1 aromatic heterocycles. The average molecular weight is 326 g/mol. The highest BCUT2D eigenvalue weighted by atomic mass is 35.5. The minimum Gasteiger partial charge on any atom is -0.497 e. The van der Waals surface area contributed by atoms with Gasteiger partial charge in [-0.3, -0.25) is 4.79 Å². The van der Waals surface area contributed by atoms with Gasteiger partial charge in [0.2, 0.25) is 0 Å². The molecule has 112 valence electrons. The third kappa shape index (κ3) is 3.89. The summed E-state index contributed by atoms with van der Waals surface area (Å²) in [6, 6.07) is 8.67. The Balaban J connectivity index is 2.16. The first kappa shape index (κ1) is 15.7. The van der Waals surface area contributed by atoms with Crippen molar-refractivity contribution in [2.75, 3.05) is 14.2 Å². The van der Waals surface area contributed by atoms with Crippen molar-refractivity contribution in [2.24, 2.45) is 0 Å². The van der Waals surface area contributed by atoms with Crippen LogP contribution < -0.4 is 14.8 Å². The fourth-order valence-electron chi connectivity index (χ4n) is 1.85. The van der Waals surface area contributed by atoms with Gasteiger partial charge in [-0.15, -0.1) is 11.3 Å². The molecule has 1 heterocycles. The minimum absolute atomic E-state index is 0.118. The maximum absolute atomic E-state index is 12.3. The molecule has 0 radical (unpaired) electrons. The monoisotopic (exact) mass is 325 g/mol. The molecule has 4 nitrogen and oxygen atoms in total. The van der Waals surface area contributed by atoms with Crippen molar-refractivity contribution < 1.29 is 14.3 Å². The van der Waals surface area contributed by atoms with Crippen LogP contribution in [0.5, 0.6) is 11.5 Å². The van der Waals surface area contributed by atoms with Crippen molar-refractivity contribution in [3.8, 4) is 11.5 Å². The van der Waals surface area contributed by atoms with Crippen LogP contribution in [0.4, 0.5) is 0 Å². The first-order valence-corrected chi connectivity index (χ1v) is 7.52. The maximum atomic E-state index is 12.3. The third-order valence-electron chi connectivity index (χ3n) is 2.98. The molecule has 0 saturated heterocycles. The quantitative estimate of drug-likeness (QED) is 0.906. The zero-order chi connectivity index (χ0) is 15.4. The van der Waals surface area contributed by atoms with Crippen molar-refractivity contribution in [2.45, 2.75) is 13.0 Å². The predicted molar refractivity (Wildman–Crippen MR) is 84.8 cm³/mol. The molecule has 0 aliphatic heterocycles. The number of ether oxygens (including phenoxy) is 2. The zero-order valence-electron chi connectivity index (χ0n) is 12.0. The second-order valence-electron chi connectivity index (χ2n) is 4.44. The summed E-state index contributed by atoms with van der Waals surface area (Å²) < 4.78 is 11.0. The van der Waals surface area contributed by atoms with E-state index < -0.39 is 0 Å². The van der Waals surface area contributed by atoms with E-state index >= 15 is 0 Å². The maximum Gasteiger partial charge on any atom is 0.252 e. The number of nitrogens with one attached hydrogen (secondary N) is 1. The highest BCUT2D eigenvalue weighted by Gasteiger charge is 2.15. The number of carbonyl (C=O) groups excluding carboxylic acids is 1. The Morgan fingerprint density at radius 3 is 2.29 bits per heavy atom. The second kappa shape index (κ2) is 6.83. The molecule has 0 saturated carbocycles. The van der Waals surface area contributed by atoms with Crippen LogP contribution in [0.3, 0.4) is 0 Å². The fraction of sp³-hybridized carbons (Fsp3) is 0.267. The number of amides is 1. The summed E-state index contributed by atoms with van der Waals surface area (Å²) in [6.45, 7) is 1.91. The SMILES string of the molecule is COc1cc(OC)cc(C(=O)NC(C)c2ccc(Cl)s2)c1. The van der Waals surface area contributed by atoms with Gasteiger partial charge in [0.15, 0.2) is 0 Å². The molecule has 0 fully saturated rings. The van der Waals surface area contributed by atoms with E-state index in [1.54, 1.807) is 32.4 Å². The van der Waals surface area contributed by atoms with Gasteiger partial charge in [-0.1, -0.05) is 11.6 Å². The van der Waals surface area contributed by atoms with Gasteiger partial charge in [-0.25, -0.2) is 0 Å². The summed E-state index contributed by atoms with van der Waals surface area (Å²) in [6.07, 6.45) is 0. The fourth-order valence-corrected chi connectivity index (χ4v) is 2.91. The van der Waals surface area contributed by atoms with Crippen molar-refractivity contribution in [3.05, 3.63) is 45.1 Å². The van der Waals surface area contributed by atoms with Gasteiger partial charge >= 0.3 is 0 Å². The molecule has 1 atom stereocenters. The highest BCUT2D eigenvalue weighted by Crippen LogP contribution is 2.27. The van der Waals surface area contributed by atoms with Crippen LogP contribution in [-0.4, -0.2) is 20.1 Å². The number of halogens is 1. The van der Waals surface area contributed by atoms with Gasteiger partial charge in [-0.05, 0) is 31.2 Å². The molecule has 2 aromatic rings. The van der Waals surface area contributed by atoms with Gasteiger partial charge in [0.05, 0.1) is 24.6 Å². The molecular formula is C15H16ClNO3S. The van der Waals surface area contributed by atoms with Gasteiger partial charge in [0.1, 0.15) is 11.5 Å². The number of carbonyl (C=O) groups is 1. The lowest BCUT2D eigenvalue weighted by molar-refractivity contribution is 0.0940. The van der Waals surface area contributed by atoms with E-state index in [9.17, 15) is 4.79 Å². The molecule has 6 heteroatoms. The van der Waals surface area contributed by atoms with Crippen LogP contribution in [0.25, 0.3) is 0 Å². The summed E-state index contributed by atoms with van der Waals surface area (Å²) in [5.41, 5.74) is 0.487. The number of thiophene rings is 1. The lowest BCUT2D eigenvalue weighted by Crippen LogP contribution is -2.26. The smallest absolute Gasteiger partial charge is 0.252 e.